The topological polar surface area (TPSA) is 55.8 Å². The molecule has 0 spiro atoms. The summed E-state index contributed by atoms with van der Waals surface area (Å²) in [5.41, 5.74) is -0.485. The van der Waals surface area contributed by atoms with Gasteiger partial charge in [-0.05, 0) is 71.1 Å². The molecule has 3 saturated carbocycles. The molecule has 0 bridgehead atoms. The van der Waals surface area contributed by atoms with Crippen molar-refractivity contribution in [2.75, 3.05) is 13.2 Å². The molecule has 0 aromatic heterocycles. The lowest BCUT2D eigenvalue weighted by molar-refractivity contribution is -0.145. The molecule has 0 aromatic rings. The van der Waals surface area contributed by atoms with Crippen molar-refractivity contribution in [2.45, 2.75) is 65.0 Å². The highest BCUT2D eigenvalue weighted by Crippen LogP contribution is 2.59. The summed E-state index contributed by atoms with van der Waals surface area (Å²) < 4.78 is 10.8. The molecule has 3 rings (SSSR count). The Labute approximate surface area is 138 Å². The molecule has 3 aliphatic rings. The minimum atomic E-state index is -0.485. The fourth-order valence-electron chi connectivity index (χ4n) is 4.03. The summed E-state index contributed by atoms with van der Waals surface area (Å²) in [5, 5.41) is 0. The molecule has 0 heterocycles. The minimum Gasteiger partial charge on any atom is -0.466 e. The average molecular weight is 323 g/mol. The lowest BCUT2D eigenvalue weighted by atomic mass is 10.1. The van der Waals surface area contributed by atoms with E-state index in [4.69, 9.17) is 9.47 Å². The summed E-state index contributed by atoms with van der Waals surface area (Å²) in [5.74, 6) is 1.21. The van der Waals surface area contributed by atoms with Crippen LogP contribution in [0.5, 0.6) is 0 Å². The van der Waals surface area contributed by atoms with Crippen LogP contribution >= 0.6 is 0 Å². The molecule has 0 saturated heterocycles. The van der Waals surface area contributed by atoms with Crippen LogP contribution in [0.25, 0.3) is 0 Å². The molecule has 0 aromatic carbocycles. The molecule has 5 nitrogen and oxygen atoms in total. The van der Waals surface area contributed by atoms with Crippen molar-refractivity contribution < 1.29 is 19.1 Å². The number of esters is 1. The van der Waals surface area contributed by atoms with Gasteiger partial charge in [0.1, 0.15) is 5.60 Å². The summed E-state index contributed by atoms with van der Waals surface area (Å²) in [7, 11) is 0. The Morgan fingerprint density at radius 3 is 2.39 bits per heavy atom. The average Bonchev–Trinajstić information content (AvgIpc) is 3.34. The van der Waals surface area contributed by atoms with Gasteiger partial charge in [0.25, 0.3) is 0 Å². The first-order valence-corrected chi connectivity index (χ1v) is 8.98. The fourth-order valence-corrected chi connectivity index (χ4v) is 4.03. The first-order valence-electron chi connectivity index (χ1n) is 8.98. The third-order valence-electron chi connectivity index (χ3n) is 5.21. The number of nitrogens with zero attached hydrogens (tertiary/aromatic N) is 1. The molecular formula is C18H29NO4. The number of hydrogen-bond donors (Lipinski definition) is 0. The molecule has 4 atom stereocenters. The number of carbonyl (C=O) groups excluding carboxylic acids is 2. The molecule has 0 radical (unpaired) electrons. The molecule has 3 fully saturated rings. The molecule has 130 valence electrons. The van der Waals surface area contributed by atoms with Crippen molar-refractivity contribution in [3.05, 3.63) is 0 Å². The second kappa shape index (κ2) is 5.99. The summed E-state index contributed by atoms with van der Waals surface area (Å²) in [4.78, 5) is 26.6. The van der Waals surface area contributed by atoms with Crippen LogP contribution in [0.15, 0.2) is 0 Å². The summed E-state index contributed by atoms with van der Waals surface area (Å²) >= 11 is 0. The van der Waals surface area contributed by atoms with Crippen LogP contribution in [0.3, 0.4) is 0 Å². The number of fused-ring (bicyclic) bond motifs is 1. The highest BCUT2D eigenvalue weighted by molar-refractivity contribution is 5.77. The van der Waals surface area contributed by atoms with Gasteiger partial charge in [-0.15, -0.1) is 0 Å². The fraction of sp³-hybridized carbons (Fsp3) is 0.889. The van der Waals surface area contributed by atoms with E-state index in [1.807, 2.05) is 32.6 Å². The van der Waals surface area contributed by atoms with Gasteiger partial charge in [-0.1, -0.05) is 0 Å². The van der Waals surface area contributed by atoms with Crippen LogP contribution in [0.2, 0.25) is 0 Å². The van der Waals surface area contributed by atoms with Gasteiger partial charge in [-0.3, -0.25) is 4.79 Å². The quantitative estimate of drug-likeness (QED) is 0.729. The van der Waals surface area contributed by atoms with E-state index in [2.05, 4.69) is 0 Å². The minimum absolute atomic E-state index is 0.00200. The van der Waals surface area contributed by atoms with Crippen molar-refractivity contribution in [1.29, 1.82) is 0 Å². The number of carbonyl (C=O) groups is 2. The SMILES string of the molecule is CCOC(=O)[C@H]1[C@@H]2CC[C@@H](N(CC3CC3)C(=O)OC(C)(C)C)[C@@H]21. The van der Waals surface area contributed by atoms with Crippen LogP contribution in [0, 0.1) is 23.7 Å². The highest BCUT2D eigenvalue weighted by atomic mass is 16.6. The Morgan fingerprint density at radius 2 is 1.83 bits per heavy atom. The molecule has 0 unspecified atom stereocenters. The maximum Gasteiger partial charge on any atom is 0.410 e. The Hall–Kier alpha value is -1.26. The van der Waals surface area contributed by atoms with E-state index in [0.717, 1.165) is 19.4 Å². The van der Waals surface area contributed by atoms with Gasteiger partial charge in [0.15, 0.2) is 0 Å². The third-order valence-corrected chi connectivity index (χ3v) is 5.21. The van der Waals surface area contributed by atoms with E-state index < -0.39 is 5.60 Å². The van der Waals surface area contributed by atoms with E-state index in [-0.39, 0.29) is 29.9 Å². The first-order chi connectivity index (χ1) is 10.8. The van der Waals surface area contributed by atoms with E-state index in [1.54, 1.807) is 0 Å². The normalized spacial score (nSPS) is 32.2. The summed E-state index contributed by atoms with van der Waals surface area (Å²) in [6.45, 7) is 8.74. The van der Waals surface area contributed by atoms with Gasteiger partial charge in [0.05, 0.1) is 12.5 Å². The van der Waals surface area contributed by atoms with Gasteiger partial charge in [-0.2, -0.15) is 0 Å². The summed E-state index contributed by atoms with van der Waals surface area (Å²) in [6, 6.07) is 0.143. The van der Waals surface area contributed by atoms with E-state index in [9.17, 15) is 9.59 Å². The summed E-state index contributed by atoms with van der Waals surface area (Å²) in [6.07, 6.45) is 4.17. The molecule has 3 aliphatic carbocycles. The van der Waals surface area contributed by atoms with Gasteiger partial charge in [0.2, 0.25) is 0 Å². The van der Waals surface area contributed by atoms with Gasteiger partial charge in [0, 0.05) is 12.6 Å². The predicted molar refractivity (Wildman–Crippen MR) is 85.8 cm³/mol. The lowest BCUT2D eigenvalue weighted by Gasteiger charge is -2.33. The van der Waals surface area contributed by atoms with E-state index in [0.29, 0.717) is 18.4 Å². The van der Waals surface area contributed by atoms with Crippen LogP contribution < -0.4 is 0 Å². The van der Waals surface area contributed by atoms with Crippen molar-refractivity contribution in [3.63, 3.8) is 0 Å². The zero-order valence-electron chi connectivity index (χ0n) is 14.7. The van der Waals surface area contributed by atoms with Crippen LogP contribution in [-0.2, 0) is 14.3 Å². The molecular weight excluding hydrogens is 294 g/mol. The maximum atomic E-state index is 12.7. The smallest absolute Gasteiger partial charge is 0.410 e. The Kier molecular flexibility index (Phi) is 4.32. The van der Waals surface area contributed by atoms with Crippen LogP contribution in [-0.4, -0.2) is 41.8 Å². The number of ether oxygens (including phenoxy) is 2. The predicted octanol–water partition coefficient (Wildman–Crippen LogP) is 3.22. The molecule has 5 heteroatoms. The molecule has 0 N–H and O–H groups in total. The van der Waals surface area contributed by atoms with Gasteiger partial charge >= 0.3 is 12.1 Å². The second-order valence-corrected chi connectivity index (χ2v) is 8.24. The van der Waals surface area contributed by atoms with Gasteiger partial charge in [-0.25, -0.2) is 4.79 Å². The second-order valence-electron chi connectivity index (χ2n) is 8.24. The van der Waals surface area contributed by atoms with Crippen molar-refractivity contribution in [1.82, 2.24) is 4.90 Å². The Balaban J connectivity index is 1.68. The number of rotatable bonds is 5. The van der Waals surface area contributed by atoms with E-state index >= 15 is 0 Å². The van der Waals surface area contributed by atoms with Crippen molar-refractivity contribution in [3.8, 4) is 0 Å². The number of amides is 1. The molecule has 0 aliphatic heterocycles. The van der Waals surface area contributed by atoms with Crippen molar-refractivity contribution >= 4 is 12.1 Å². The zero-order chi connectivity index (χ0) is 16.8. The van der Waals surface area contributed by atoms with E-state index in [1.165, 1.54) is 12.8 Å². The molecule has 1 amide bonds. The maximum absolute atomic E-state index is 12.7. The Bertz CT molecular complexity index is 480. The number of hydrogen-bond acceptors (Lipinski definition) is 4. The first kappa shape index (κ1) is 16.6. The van der Waals surface area contributed by atoms with Crippen LogP contribution in [0.1, 0.15) is 53.4 Å². The monoisotopic (exact) mass is 323 g/mol. The standard InChI is InChI=1S/C18H29NO4/c1-5-22-16(20)15-12-8-9-13(14(12)15)19(10-11-6-7-11)17(21)23-18(2,3)4/h11-15H,5-10H2,1-4H3/t12-,13-,14-,15+/m1/s1. The zero-order valence-corrected chi connectivity index (χ0v) is 14.7. The third kappa shape index (κ3) is 3.64. The largest absolute Gasteiger partial charge is 0.466 e. The van der Waals surface area contributed by atoms with Gasteiger partial charge < -0.3 is 14.4 Å². The van der Waals surface area contributed by atoms with Crippen LogP contribution in [0.4, 0.5) is 4.79 Å². The lowest BCUT2D eigenvalue weighted by Crippen LogP contribution is -2.45. The Morgan fingerprint density at radius 1 is 1.13 bits per heavy atom. The highest BCUT2D eigenvalue weighted by Gasteiger charge is 2.64. The molecule has 23 heavy (non-hydrogen) atoms. The van der Waals surface area contributed by atoms with Crippen molar-refractivity contribution in [2.24, 2.45) is 23.7 Å².